The lowest BCUT2D eigenvalue weighted by atomic mass is 10.0. The molecule has 1 aromatic carbocycles. The second-order valence-corrected chi connectivity index (χ2v) is 6.18. The number of phenols is 1. The Hall–Kier alpha value is -2.16. The van der Waals surface area contributed by atoms with Gasteiger partial charge in [-0.25, -0.2) is 4.99 Å². The lowest BCUT2D eigenvalue weighted by Crippen LogP contribution is -2.25. The van der Waals surface area contributed by atoms with Crippen LogP contribution in [0.25, 0.3) is 0 Å². The van der Waals surface area contributed by atoms with Crippen LogP contribution in [-0.4, -0.2) is 29.8 Å². The summed E-state index contributed by atoms with van der Waals surface area (Å²) < 4.78 is 0. The number of rotatable bonds is 2. The lowest BCUT2D eigenvalue weighted by molar-refractivity contribution is 0.317. The zero-order valence-electron chi connectivity index (χ0n) is 11.7. The van der Waals surface area contributed by atoms with Crippen molar-refractivity contribution in [1.82, 2.24) is 4.90 Å². The number of nitrogens with zero attached hydrogens (tertiary/aromatic N) is 3. The molecule has 0 bridgehead atoms. The molecule has 1 aromatic heterocycles. The molecule has 3 rings (SSSR count). The van der Waals surface area contributed by atoms with Crippen LogP contribution in [0.4, 0.5) is 5.00 Å². The third-order valence-corrected chi connectivity index (χ3v) is 4.72. The summed E-state index contributed by atoms with van der Waals surface area (Å²) in [5.41, 5.74) is 2.49. The van der Waals surface area contributed by atoms with Gasteiger partial charge in [-0.1, -0.05) is 12.1 Å². The molecular formula is C16H15N3OS. The Balaban J connectivity index is 1.97. The van der Waals surface area contributed by atoms with E-state index in [0.29, 0.717) is 11.1 Å². The van der Waals surface area contributed by atoms with Crippen LogP contribution in [0.1, 0.15) is 21.6 Å². The predicted molar refractivity (Wildman–Crippen MR) is 84.4 cm³/mol. The zero-order valence-corrected chi connectivity index (χ0v) is 12.5. The number of aromatic hydroxyl groups is 1. The first-order chi connectivity index (χ1) is 10.2. The first kappa shape index (κ1) is 13.8. The summed E-state index contributed by atoms with van der Waals surface area (Å²) in [6.07, 6.45) is 2.52. The monoisotopic (exact) mass is 297 g/mol. The van der Waals surface area contributed by atoms with Crippen molar-refractivity contribution in [3.8, 4) is 11.8 Å². The maximum absolute atomic E-state index is 9.75. The van der Waals surface area contributed by atoms with Gasteiger partial charge in [-0.15, -0.1) is 11.3 Å². The van der Waals surface area contributed by atoms with E-state index >= 15 is 0 Å². The molecule has 1 aliphatic rings. The van der Waals surface area contributed by atoms with Crippen molar-refractivity contribution in [2.24, 2.45) is 4.99 Å². The number of likely N-dealkylation sites (N-methyl/N-ethyl adjacent to an activating group) is 1. The molecule has 0 atom stereocenters. The molecule has 5 heteroatoms. The fraction of sp³-hybridized carbons (Fsp3) is 0.250. The number of phenolic OH excluding ortho intramolecular Hbond substituents is 1. The van der Waals surface area contributed by atoms with E-state index in [-0.39, 0.29) is 5.75 Å². The van der Waals surface area contributed by atoms with Crippen molar-refractivity contribution in [3.63, 3.8) is 0 Å². The number of para-hydroxylation sites is 1. The van der Waals surface area contributed by atoms with Crippen LogP contribution in [0.15, 0.2) is 29.3 Å². The average Bonchev–Trinajstić information content (AvgIpc) is 2.82. The highest BCUT2D eigenvalue weighted by atomic mass is 32.1. The highest BCUT2D eigenvalue weighted by molar-refractivity contribution is 7.16. The highest BCUT2D eigenvalue weighted by Crippen LogP contribution is 2.38. The molecular weight excluding hydrogens is 282 g/mol. The van der Waals surface area contributed by atoms with E-state index in [0.717, 1.165) is 30.1 Å². The van der Waals surface area contributed by atoms with Gasteiger partial charge >= 0.3 is 0 Å². The second-order valence-electron chi connectivity index (χ2n) is 5.10. The third kappa shape index (κ3) is 2.68. The molecule has 0 fully saturated rings. The molecule has 0 aliphatic carbocycles. The minimum Gasteiger partial charge on any atom is -0.507 e. The smallest absolute Gasteiger partial charge is 0.134 e. The Morgan fingerprint density at radius 2 is 2.24 bits per heavy atom. The number of hydrogen-bond donors (Lipinski definition) is 1. The van der Waals surface area contributed by atoms with Gasteiger partial charge in [0.15, 0.2) is 0 Å². The summed E-state index contributed by atoms with van der Waals surface area (Å²) >= 11 is 1.57. The Kier molecular flexibility index (Phi) is 3.74. The molecule has 1 aliphatic heterocycles. The van der Waals surface area contributed by atoms with Crippen LogP contribution in [0.3, 0.4) is 0 Å². The van der Waals surface area contributed by atoms with E-state index in [1.54, 1.807) is 35.8 Å². The van der Waals surface area contributed by atoms with Crippen LogP contribution in [0.5, 0.6) is 5.75 Å². The van der Waals surface area contributed by atoms with Crippen LogP contribution < -0.4 is 0 Å². The van der Waals surface area contributed by atoms with Gasteiger partial charge in [0, 0.05) is 29.7 Å². The predicted octanol–water partition coefficient (Wildman–Crippen LogP) is 3.06. The van der Waals surface area contributed by atoms with Crippen molar-refractivity contribution in [1.29, 1.82) is 5.26 Å². The number of thiophene rings is 1. The fourth-order valence-corrected chi connectivity index (χ4v) is 3.67. The van der Waals surface area contributed by atoms with Crippen LogP contribution >= 0.6 is 11.3 Å². The maximum atomic E-state index is 9.75. The fourth-order valence-electron chi connectivity index (χ4n) is 2.45. The zero-order chi connectivity index (χ0) is 14.8. The van der Waals surface area contributed by atoms with Gasteiger partial charge in [0.2, 0.25) is 0 Å². The number of hydrogen-bond acceptors (Lipinski definition) is 5. The number of aliphatic imine (C=N–C) groups is 1. The van der Waals surface area contributed by atoms with E-state index in [2.05, 4.69) is 23.0 Å². The summed E-state index contributed by atoms with van der Waals surface area (Å²) in [6, 6.07) is 9.33. The number of nitriles is 1. The molecule has 0 radical (unpaired) electrons. The number of fused-ring (bicyclic) bond motifs is 1. The Bertz CT molecular complexity index is 742. The Labute approximate surface area is 127 Å². The van der Waals surface area contributed by atoms with Gasteiger partial charge < -0.3 is 10.0 Å². The van der Waals surface area contributed by atoms with Gasteiger partial charge in [0.1, 0.15) is 16.8 Å². The molecule has 1 N–H and O–H groups in total. The molecule has 0 amide bonds. The molecule has 106 valence electrons. The summed E-state index contributed by atoms with van der Waals surface area (Å²) in [4.78, 5) is 7.90. The molecule has 0 spiro atoms. The normalized spacial score (nSPS) is 15.0. The summed E-state index contributed by atoms with van der Waals surface area (Å²) in [7, 11) is 2.08. The SMILES string of the molecule is CN1CCc2c(sc(N=Cc3ccccc3O)c2C#N)C1. The standard InChI is InChI=1S/C16H15N3OS/c1-19-7-6-12-13(8-17)16(21-15(12)10-19)18-9-11-4-2-3-5-14(11)20/h2-5,9,20H,6-7,10H2,1H3. The van der Waals surface area contributed by atoms with Crippen LogP contribution in [-0.2, 0) is 13.0 Å². The van der Waals surface area contributed by atoms with Crippen molar-refractivity contribution in [2.75, 3.05) is 13.6 Å². The summed E-state index contributed by atoms with van der Waals surface area (Å²) in [6.45, 7) is 1.85. The summed E-state index contributed by atoms with van der Waals surface area (Å²) in [5, 5.41) is 19.9. The van der Waals surface area contributed by atoms with Crippen molar-refractivity contribution in [2.45, 2.75) is 13.0 Å². The molecule has 0 unspecified atom stereocenters. The lowest BCUT2D eigenvalue weighted by Gasteiger charge is -2.21. The minimum absolute atomic E-state index is 0.195. The first-order valence-corrected chi connectivity index (χ1v) is 7.56. The van der Waals surface area contributed by atoms with E-state index < -0.39 is 0 Å². The molecule has 2 heterocycles. The Morgan fingerprint density at radius 3 is 3.00 bits per heavy atom. The van der Waals surface area contributed by atoms with E-state index in [4.69, 9.17) is 0 Å². The van der Waals surface area contributed by atoms with Gasteiger partial charge in [-0.05, 0) is 31.2 Å². The molecule has 4 nitrogen and oxygen atoms in total. The molecule has 2 aromatic rings. The average molecular weight is 297 g/mol. The molecule has 0 saturated heterocycles. The van der Waals surface area contributed by atoms with Crippen molar-refractivity contribution < 1.29 is 5.11 Å². The van der Waals surface area contributed by atoms with Gasteiger partial charge in [0.05, 0.1) is 5.56 Å². The van der Waals surface area contributed by atoms with E-state index in [1.807, 2.05) is 6.07 Å². The van der Waals surface area contributed by atoms with E-state index in [1.165, 1.54) is 4.88 Å². The largest absolute Gasteiger partial charge is 0.507 e. The quantitative estimate of drug-likeness (QED) is 0.867. The minimum atomic E-state index is 0.195. The first-order valence-electron chi connectivity index (χ1n) is 6.74. The Morgan fingerprint density at radius 1 is 1.43 bits per heavy atom. The van der Waals surface area contributed by atoms with Crippen molar-refractivity contribution >= 4 is 22.6 Å². The summed E-state index contributed by atoms with van der Waals surface area (Å²) in [5.74, 6) is 0.195. The number of benzene rings is 1. The molecule has 21 heavy (non-hydrogen) atoms. The molecule has 0 saturated carbocycles. The maximum Gasteiger partial charge on any atom is 0.134 e. The third-order valence-electron chi connectivity index (χ3n) is 3.60. The van der Waals surface area contributed by atoms with Crippen LogP contribution in [0.2, 0.25) is 0 Å². The van der Waals surface area contributed by atoms with Gasteiger partial charge in [-0.2, -0.15) is 5.26 Å². The van der Waals surface area contributed by atoms with Gasteiger partial charge in [-0.3, -0.25) is 0 Å². The van der Waals surface area contributed by atoms with Crippen molar-refractivity contribution in [3.05, 3.63) is 45.8 Å². The van der Waals surface area contributed by atoms with Crippen LogP contribution in [0, 0.1) is 11.3 Å². The highest BCUT2D eigenvalue weighted by Gasteiger charge is 2.22. The topological polar surface area (TPSA) is 59.6 Å². The second kappa shape index (κ2) is 5.68. The van der Waals surface area contributed by atoms with E-state index in [9.17, 15) is 10.4 Å². The van der Waals surface area contributed by atoms with Gasteiger partial charge in [0.25, 0.3) is 0 Å².